The molecule has 2 aromatic rings. The average molecular weight is 400 g/mol. The molecule has 1 aliphatic rings. The van der Waals surface area contributed by atoms with Crippen molar-refractivity contribution in [1.29, 1.82) is 0 Å². The van der Waals surface area contributed by atoms with Crippen LogP contribution < -0.4 is 5.32 Å². The van der Waals surface area contributed by atoms with Crippen molar-refractivity contribution in [3.05, 3.63) is 70.7 Å². The molecule has 6 heteroatoms. The number of benzene rings is 2. The number of piperazine rings is 1. The first kappa shape index (κ1) is 20.4. The van der Waals surface area contributed by atoms with Crippen LogP contribution in [-0.2, 0) is 11.3 Å². The van der Waals surface area contributed by atoms with E-state index in [9.17, 15) is 9.59 Å². The zero-order valence-corrected chi connectivity index (χ0v) is 16.7. The molecule has 2 amide bonds. The topological polar surface area (TPSA) is 52.7 Å². The van der Waals surface area contributed by atoms with Crippen LogP contribution in [0.25, 0.3) is 0 Å². The highest BCUT2D eigenvalue weighted by molar-refractivity contribution is 6.30. The molecule has 28 heavy (non-hydrogen) atoms. The van der Waals surface area contributed by atoms with Crippen molar-refractivity contribution >= 4 is 23.4 Å². The Hall–Kier alpha value is -2.37. The summed E-state index contributed by atoms with van der Waals surface area (Å²) in [6.07, 6.45) is 1.12. The van der Waals surface area contributed by atoms with Gasteiger partial charge in [0.25, 0.3) is 5.91 Å². The molecule has 148 valence electrons. The molecule has 0 spiro atoms. The molecule has 0 saturated carbocycles. The summed E-state index contributed by atoms with van der Waals surface area (Å²) in [6, 6.07) is 17.0. The van der Waals surface area contributed by atoms with Gasteiger partial charge in [0.2, 0.25) is 5.91 Å². The van der Waals surface area contributed by atoms with Gasteiger partial charge in [0.05, 0.1) is 0 Å². The monoisotopic (exact) mass is 399 g/mol. The molecule has 1 fully saturated rings. The molecular weight excluding hydrogens is 374 g/mol. The Labute approximate surface area is 171 Å². The van der Waals surface area contributed by atoms with E-state index in [2.05, 4.69) is 10.2 Å². The van der Waals surface area contributed by atoms with Crippen molar-refractivity contribution < 1.29 is 9.59 Å². The Balaban J connectivity index is 1.32. The second kappa shape index (κ2) is 10.2. The van der Waals surface area contributed by atoms with E-state index >= 15 is 0 Å². The van der Waals surface area contributed by atoms with Gasteiger partial charge in [0.15, 0.2) is 0 Å². The third-order valence-electron chi connectivity index (χ3n) is 4.93. The number of hydrogen-bond acceptors (Lipinski definition) is 3. The van der Waals surface area contributed by atoms with Gasteiger partial charge < -0.3 is 10.2 Å². The minimum absolute atomic E-state index is 0.0936. The van der Waals surface area contributed by atoms with Crippen LogP contribution in [0.2, 0.25) is 5.02 Å². The molecule has 0 bridgehead atoms. The van der Waals surface area contributed by atoms with Crippen LogP contribution >= 0.6 is 11.6 Å². The Morgan fingerprint density at radius 3 is 2.29 bits per heavy atom. The standard InChI is InChI=1S/C22H26ClN3O2/c23-20-10-8-18(9-11-20)17-25-13-15-26(16-14-25)21(27)7-4-12-24-22(28)19-5-2-1-3-6-19/h1-3,5-6,8-11H,4,7,12-17H2,(H,24,28). The Morgan fingerprint density at radius 2 is 1.61 bits per heavy atom. The minimum Gasteiger partial charge on any atom is -0.352 e. The fraction of sp³-hybridized carbons (Fsp3) is 0.364. The third kappa shape index (κ3) is 6.08. The zero-order chi connectivity index (χ0) is 19.8. The van der Waals surface area contributed by atoms with Crippen LogP contribution in [-0.4, -0.2) is 54.3 Å². The van der Waals surface area contributed by atoms with E-state index in [0.717, 1.165) is 37.7 Å². The lowest BCUT2D eigenvalue weighted by Gasteiger charge is -2.34. The Kier molecular flexibility index (Phi) is 7.46. The molecule has 0 aliphatic carbocycles. The highest BCUT2D eigenvalue weighted by atomic mass is 35.5. The van der Waals surface area contributed by atoms with Crippen LogP contribution in [0.3, 0.4) is 0 Å². The van der Waals surface area contributed by atoms with Crippen molar-refractivity contribution in [2.45, 2.75) is 19.4 Å². The van der Waals surface area contributed by atoms with Gasteiger partial charge in [-0.15, -0.1) is 0 Å². The van der Waals surface area contributed by atoms with Crippen LogP contribution in [0.1, 0.15) is 28.8 Å². The predicted octanol–water partition coefficient (Wildman–Crippen LogP) is 3.19. The van der Waals surface area contributed by atoms with Crippen molar-refractivity contribution in [2.75, 3.05) is 32.7 Å². The fourth-order valence-corrected chi connectivity index (χ4v) is 3.42. The normalized spacial score (nSPS) is 14.7. The van der Waals surface area contributed by atoms with Gasteiger partial charge in [-0.25, -0.2) is 0 Å². The average Bonchev–Trinajstić information content (AvgIpc) is 2.73. The van der Waals surface area contributed by atoms with Crippen LogP contribution in [0.5, 0.6) is 0 Å². The smallest absolute Gasteiger partial charge is 0.251 e. The van der Waals surface area contributed by atoms with Crippen molar-refractivity contribution in [3.63, 3.8) is 0 Å². The zero-order valence-electron chi connectivity index (χ0n) is 15.9. The summed E-state index contributed by atoms with van der Waals surface area (Å²) in [5.74, 6) is 0.0731. The maximum atomic E-state index is 12.4. The molecule has 0 atom stereocenters. The molecule has 0 aromatic heterocycles. The first-order valence-corrected chi connectivity index (χ1v) is 10.1. The molecule has 1 saturated heterocycles. The van der Waals surface area contributed by atoms with Gasteiger partial charge in [0, 0.05) is 56.3 Å². The van der Waals surface area contributed by atoms with Crippen molar-refractivity contribution in [2.24, 2.45) is 0 Å². The second-order valence-electron chi connectivity index (χ2n) is 7.01. The number of carbonyl (C=O) groups is 2. The van der Waals surface area contributed by atoms with Gasteiger partial charge in [-0.1, -0.05) is 41.9 Å². The van der Waals surface area contributed by atoms with Gasteiger partial charge in [-0.3, -0.25) is 14.5 Å². The summed E-state index contributed by atoms with van der Waals surface area (Å²) in [4.78, 5) is 28.7. The first-order valence-electron chi connectivity index (χ1n) is 9.69. The van der Waals surface area contributed by atoms with Crippen LogP contribution in [0.15, 0.2) is 54.6 Å². The van der Waals surface area contributed by atoms with E-state index in [-0.39, 0.29) is 11.8 Å². The van der Waals surface area contributed by atoms with Gasteiger partial charge in [-0.2, -0.15) is 0 Å². The fourth-order valence-electron chi connectivity index (χ4n) is 3.29. The highest BCUT2D eigenvalue weighted by Gasteiger charge is 2.20. The summed E-state index contributed by atoms with van der Waals surface area (Å²) in [7, 11) is 0. The maximum Gasteiger partial charge on any atom is 0.251 e. The third-order valence-corrected chi connectivity index (χ3v) is 5.19. The van der Waals surface area contributed by atoms with Crippen LogP contribution in [0.4, 0.5) is 0 Å². The minimum atomic E-state index is -0.0936. The number of nitrogens with one attached hydrogen (secondary N) is 1. The van der Waals surface area contributed by atoms with Gasteiger partial charge in [-0.05, 0) is 36.2 Å². The van der Waals surface area contributed by atoms with E-state index < -0.39 is 0 Å². The predicted molar refractivity (Wildman–Crippen MR) is 111 cm³/mol. The Bertz CT molecular complexity index is 772. The number of carbonyl (C=O) groups excluding carboxylic acids is 2. The van der Waals surface area contributed by atoms with Crippen molar-refractivity contribution in [3.8, 4) is 0 Å². The summed E-state index contributed by atoms with van der Waals surface area (Å²) in [6.45, 7) is 4.64. The number of nitrogens with zero attached hydrogens (tertiary/aromatic N) is 2. The molecule has 5 nitrogen and oxygen atoms in total. The van der Waals surface area contributed by atoms with E-state index in [1.54, 1.807) is 12.1 Å². The van der Waals surface area contributed by atoms with E-state index in [1.165, 1.54) is 5.56 Å². The summed E-state index contributed by atoms with van der Waals surface area (Å²) < 4.78 is 0. The highest BCUT2D eigenvalue weighted by Crippen LogP contribution is 2.13. The lowest BCUT2D eigenvalue weighted by molar-refractivity contribution is -0.133. The Morgan fingerprint density at radius 1 is 0.929 bits per heavy atom. The van der Waals surface area contributed by atoms with Gasteiger partial charge in [0.1, 0.15) is 0 Å². The quantitative estimate of drug-likeness (QED) is 0.727. The van der Waals surface area contributed by atoms with Crippen LogP contribution in [0, 0.1) is 0 Å². The molecule has 3 rings (SSSR count). The van der Waals surface area contributed by atoms with E-state index in [4.69, 9.17) is 11.6 Å². The molecule has 0 radical (unpaired) electrons. The summed E-state index contributed by atoms with van der Waals surface area (Å²) >= 11 is 5.93. The molecule has 1 heterocycles. The first-order chi connectivity index (χ1) is 13.6. The van der Waals surface area contributed by atoms with E-state index in [1.807, 2.05) is 47.4 Å². The lowest BCUT2D eigenvalue weighted by Crippen LogP contribution is -2.48. The molecule has 1 N–H and O–H groups in total. The van der Waals surface area contributed by atoms with E-state index in [0.29, 0.717) is 24.9 Å². The number of rotatable bonds is 7. The summed E-state index contributed by atoms with van der Waals surface area (Å²) in [5.41, 5.74) is 1.88. The molecule has 0 unspecified atom stereocenters. The second-order valence-corrected chi connectivity index (χ2v) is 7.45. The van der Waals surface area contributed by atoms with Crippen molar-refractivity contribution in [1.82, 2.24) is 15.1 Å². The molecule has 2 aromatic carbocycles. The number of hydrogen-bond donors (Lipinski definition) is 1. The maximum absolute atomic E-state index is 12.4. The lowest BCUT2D eigenvalue weighted by atomic mass is 10.2. The SMILES string of the molecule is O=C(NCCCC(=O)N1CCN(Cc2ccc(Cl)cc2)CC1)c1ccccc1. The molecule has 1 aliphatic heterocycles. The largest absolute Gasteiger partial charge is 0.352 e. The number of amides is 2. The summed E-state index contributed by atoms with van der Waals surface area (Å²) in [5, 5.41) is 3.62. The number of halogens is 1. The van der Waals surface area contributed by atoms with Gasteiger partial charge >= 0.3 is 0 Å². The molecular formula is C22H26ClN3O2.